The fourth-order valence-corrected chi connectivity index (χ4v) is 1.47. The predicted octanol–water partition coefficient (Wildman–Crippen LogP) is 1.31. The molecule has 2 heterocycles. The maximum atomic E-state index is 10.6. The minimum absolute atomic E-state index is 0.0811. The molecule has 5 heteroatoms. The number of carboxylic acid groups (broad SMARTS) is 1. The summed E-state index contributed by atoms with van der Waals surface area (Å²) in [7, 11) is 0. The molecule has 0 aliphatic carbocycles. The second kappa shape index (κ2) is 3.68. The van der Waals surface area contributed by atoms with E-state index in [0.29, 0.717) is 0 Å². The van der Waals surface area contributed by atoms with E-state index in [4.69, 9.17) is 5.11 Å². The zero-order valence-electron chi connectivity index (χ0n) is 8.29. The van der Waals surface area contributed by atoms with Crippen LogP contribution < -0.4 is 0 Å². The van der Waals surface area contributed by atoms with E-state index in [1.807, 2.05) is 17.5 Å². The van der Waals surface area contributed by atoms with E-state index in [1.54, 1.807) is 18.6 Å². The Hall–Kier alpha value is -1.91. The van der Waals surface area contributed by atoms with Gasteiger partial charge in [0.25, 0.3) is 0 Å². The van der Waals surface area contributed by atoms with Crippen LogP contribution >= 0.6 is 0 Å². The maximum absolute atomic E-state index is 10.6. The minimum Gasteiger partial charge on any atom is -0.481 e. The quantitative estimate of drug-likeness (QED) is 0.820. The Morgan fingerprint density at radius 1 is 1.67 bits per heavy atom. The van der Waals surface area contributed by atoms with Crippen LogP contribution in [0.25, 0.3) is 5.65 Å². The monoisotopic (exact) mass is 205 g/mol. The zero-order valence-corrected chi connectivity index (χ0v) is 8.29. The van der Waals surface area contributed by atoms with Gasteiger partial charge in [-0.15, -0.1) is 0 Å². The van der Waals surface area contributed by atoms with E-state index in [0.717, 1.165) is 11.3 Å². The Kier molecular flexibility index (Phi) is 2.37. The number of aliphatic carboxylic acids is 1. The Labute approximate surface area is 86.4 Å². The van der Waals surface area contributed by atoms with Gasteiger partial charge in [-0.1, -0.05) is 6.92 Å². The smallest absolute Gasteiger partial charge is 0.304 e. The lowest BCUT2D eigenvalue weighted by molar-refractivity contribution is -0.137. The fraction of sp³-hybridized carbons (Fsp3) is 0.300. The first-order valence-electron chi connectivity index (χ1n) is 4.67. The van der Waals surface area contributed by atoms with Crippen LogP contribution in [0.3, 0.4) is 0 Å². The second-order valence-corrected chi connectivity index (χ2v) is 3.51. The fourth-order valence-electron chi connectivity index (χ4n) is 1.47. The van der Waals surface area contributed by atoms with E-state index in [1.165, 1.54) is 0 Å². The molecular weight excluding hydrogens is 194 g/mol. The van der Waals surface area contributed by atoms with E-state index in [2.05, 4.69) is 9.97 Å². The first kappa shape index (κ1) is 9.64. The summed E-state index contributed by atoms with van der Waals surface area (Å²) in [4.78, 5) is 18.8. The van der Waals surface area contributed by atoms with Gasteiger partial charge in [-0.3, -0.25) is 9.78 Å². The molecule has 0 radical (unpaired) electrons. The van der Waals surface area contributed by atoms with Crippen LogP contribution in [0, 0.1) is 0 Å². The molecule has 2 aromatic heterocycles. The van der Waals surface area contributed by atoms with Crippen molar-refractivity contribution in [2.24, 2.45) is 0 Å². The predicted molar refractivity (Wildman–Crippen MR) is 53.7 cm³/mol. The molecule has 0 bridgehead atoms. The topological polar surface area (TPSA) is 67.5 Å². The van der Waals surface area contributed by atoms with Gasteiger partial charge in [-0.2, -0.15) is 0 Å². The number of hydrogen-bond acceptors (Lipinski definition) is 3. The number of hydrogen-bond donors (Lipinski definition) is 1. The highest BCUT2D eigenvalue weighted by molar-refractivity contribution is 5.67. The van der Waals surface area contributed by atoms with Crippen LogP contribution in [0.4, 0.5) is 0 Å². The molecule has 0 aliphatic rings. The Bertz CT molecular complexity index is 459. The molecule has 0 saturated carbocycles. The van der Waals surface area contributed by atoms with Crippen molar-refractivity contribution in [3.05, 3.63) is 30.5 Å². The number of carboxylic acids is 1. The first-order chi connectivity index (χ1) is 7.16. The number of carbonyl (C=O) groups is 1. The summed E-state index contributed by atoms with van der Waals surface area (Å²) < 4.78 is 1.83. The summed E-state index contributed by atoms with van der Waals surface area (Å²) >= 11 is 0. The van der Waals surface area contributed by atoms with Crippen molar-refractivity contribution >= 4 is 11.6 Å². The van der Waals surface area contributed by atoms with Gasteiger partial charge < -0.3 is 9.51 Å². The molecule has 0 aromatic carbocycles. The summed E-state index contributed by atoms with van der Waals surface area (Å²) in [5, 5.41) is 8.67. The van der Waals surface area contributed by atoms with Gasteiger partial charge in [0.15, 0.2) is 5.65 Å². The second-order valence-electron chi connectivity index (χ2n) is 3.51. The maximum Gasteiger partial charge on any atom is 0.304 e. The summed E-state index contributed by atoms with van der Waals surface area (Å²) in [6, 6.07) is 0. The summed E-state index contributed by atoms with van der Waals surface area (Å²) in [6.45, 7) is 1.85. The van der Waals surface area contributed by atoms with Crippen molar-refractivity contribution in [1.29, 1.82) is 0 Å². The van der Waals surface area contributed by atoms with Crippen molar-refractivity contribution in [2.75, 3.05) is 0 Å². The van der Waals surface area contributed by atoms with Gasteiger partial charge in [0, 0.05) is 24.5 Å². The first-order valence-corrected chi connectivity index (χ1v) is 4.67. The average molecular weight is 205 g/mol. The molecule has 15 heavy (non-hydrogen) atoms. The van der Waals surface area contributed by atoms with E-state index in [-0.39, 0.29) is 12.3 Å². The van der Waals surface area contributed by atoms with Gasteiger partial charge in [0.05, 0.1) is 18.3 Å². The lowest BCUT2D eigenvalue weighted by Gasteiger charge is -2.02. The van der Waals surface area contributed by atoms with Gasteiger partial charge in [-0.25, -0.2) is 4.98 Å². The molecule has 0 saturated heterocycles. The molecule has 1 atom stereocenters. The number of rotatable bonds is 3. The van der Waals surface area contributed by atoms with Crippen molar-refractivity contribution < 1.29 is 9.90 Å². The molecule has 78 valence electrons. The van der Waals surface area contributed by atoms with Crippen LogP contribution in [0.1, 0.15) is 25.0 Å². The Balaban J connectivity index is 2.32. The highest BCUT2D eigenvalue weighted by Gasteiger charge is 2.13. The third-order valence-electron chi connectivity index (χ3n) is 2.27. The molecule has 2 rings (SSSR count). The highest BCUT2D eigenvalue weighted by Crippen LogP contribution is 2.18. The third-order valence-corrected chi connectivity index (χ3v) is 2.27. The number of imidazole rings is 1. The highest BCUT2D eigenvalue weighted by atomic mass is 16.4. The summed E-state index contributed by atoms with van der Waals surface area (Å²) in [5.41, 5.74) is 1.52. The standard InChI is InChI=1S/C10H11N3O2/c1-7(4-10(14)15)8-6-13-3-2-11-5-9(13)12-8/h2-3,5-7H,4H2,1H3,(H,14,15). The number of nitrogens with zero attached hydrogens (tertiary/aromatic N) is 3. The van der Waals surface area contributed by atoms with Gasteiger partial charge in [0.2, 0.25) is 0 Å². The number of fused-ring (bicyclic) bond motifs is 1. The molecule has 2 aromatic rings. The lowest BCUT2D eigenvalue weighted by Crippen LogP contribution is -2.02. The third kappa shape index (κ3) is 1.96. The molecule has 0 fully saturated rings. The Morgan fingerprint density at radius 2 is 2.47 bits per heavy atom. The van der Waals surface area contributed by atoms with Crippen molar-refractivity contribution in [1.82, 2.24) is 14.4 Å². The van der Waals surface area contributed by atoms with E-state index >= 15 is 0 Å². The van der Waals surface area contributed by atoms with Crippen LogP contribution in [0.5, 0.6) is 0 Å². The molecule has 0 aliphatic heterocycles. The van der Waals surface area contributed by atoms with Crippen molar-refractivity contribution in [2.45, 2.75) is 19.3 Å². The average Bonchev–Trinajstić information content (AvgIpc) is 2.59. The molecule has 1 unspecified atom stereocenters. The van der Waals surface area contributed by atoms with Crippen LogP contribution in [-0.4, -0.2) is 25.4 Å². The van der Waals surface area contributed by atoms with Gasteiger partial charge >= 0.3 is 5.97 Å². The largest absolute Gasteiger partial charge is 0.481 e. The van der Waals surface area contributed by atoms with E-state index in [9.17, 15) is 4.79 Å². The van der Waals surface area contributed by atoms with Crippen LogP contribution in [0.15, 0.2) is 24.8 Å². The molecule has 0 amide bonds. The van der Waals surface area contributed by atoms with Gasteiger partial charge in [-0.05, 0) is 0 Å². The summed E-state index contributed by atoms with van der Waals surface area (Å²) in [5.74, 6) is -0.889. The van der Waals surface area contributed by atoms with Gasteiger partial charge in [0.1, 0.15) is 0 Å². The van der Waals surface area contributed by atoms with Crippen molar-refractivity contribution in [3.63, 3.8) is 0 Å². The van der Waals surface area contributed by atoms with Crippen LogP contribution in [0.2, 0.25) is 0 Å². The molecule has 5 nitrogen and oxygen atoms in total. The summed E-state index contributed by atoms with van der Waals surface area (Å²) in [6.07, 6.45) is 7.04. The molecule has 0 spiro atoms. The SMILES string of the molecule is CC(CC(=O)O)c1cn2ccncc2n1. The molecule has 1 N–H and O–H groups in total. The van der Waals surface area contributed by atoms with Crippen molar-refractivity contribution in [3.8, 4) is 0 Å². The normalized spacial score (nSPS) is 12.9. The lowest BCUT2D eigenvalue weighted by atomic mass is 10.1. The Morgan fingerprint density at radius 3 is 3.13 bits per heavy atom. The minimum atomic E-state index is -0.808. The van der Waals surface area contributed by atoms with E-state index < -0.39 is 5.97 Å². The van der Waals surface area contributed by atoms with Crippen LogP contribution in [-0.2, 0) is 4.79 Å². The molecular formula is C10H11N3O2. The zero-order chi connectivity index (χ0) is 10.8. The number of aromatic nitrogens is 3.